The zero-order chi connectivity index (χ0) is 9.35. The van der Waals surface area contributed by atoms with Crippen LogP contribution in [0.25, 0.3) is 0 Å². The van der Waals surface area contributed by atoms with Gasteiger partial charge in [0.15, 0.2) is 4.90 Å². The zero-order valence-electron chi connectivity index (χ0n) is 5.66. The number of halogens is 2. The van der Waals surface area contributed by atoms with Crippen LogP contribution in [-0.4, -0.2) is 13.5 Å². The van der Waals surface area contributed by atoms with Gasteiger partial charge in [0, 0.05) is 10.7 Å². The van der Waals surface area contributed by atoms with Gasteiger partial charge < -0.3 is 5.11 Å². The second kappa shape index (κ2) is 2.91. The molecule has 1 rings (SSSR count). The maximum absolute atomic E-state index is 12.7. The molecule has 1 aromatic rings. The molecular weight excluding hydrogens is 207 g/mol. The molecular formula is C6H4ClFO3S. The molecule has 66 valence electrons. The Balaban J connectivity index is 3.53. The Morgan fingerprint density at radius 1 is 1.42 bits per heavy atom. The van der Waals surface area contributed by atoms with E-state index in [4.69, 9.17) is 15.8 Å². The van der Waals surface area contributed by atoms with Gasteiger partial charge >= 0.3 is 0 Å². The molecule has 0 heterocycles. The molecule has 0 aromatic heterocycles. The van der Waals surface area contributed by atoms with Gasteiger partial charge in [0.2, 0.25) is 0 Å². The lowest BCUT2D eigenvalue weighted by Crippen LogP contribution is -1.95. The number of phenolic OH excluding ortho intramolecular Hbond substituents is 1. The molecule has 0 fully saturated rings. The van der Waals surface area contributed by atoms with Gasteiger partial charge in [-0.25, -0.2) is 12.8 Å². The largest absolute Gasteiger partial charge is 0.506 e. The summed E-state index contributed by atoms with van der Waals surface area (Å²) >= 11 is 0. The van der Waals surface area contributed by atoms with Crippen LogP contribution in [0.3, 0.4) is 0 Å². The molecule has 0 radical (unpaired) electrons. The number of hydrogen-bond donors (Lipinski definition) is 1. The summed E-state index contributed by atoms with van der Waals surface area (Å²) in [4.78, 5) is -0.883. The van der Waals surface area contributed by atoms with Crippen LogP contribution in [-0.2, 0) is 9.05 Å². The molecule has 0 saturated heterocycles. The van der Waals surface area contributed by atoms with Crippen molar-refractivity contribution in [1.82, 2.24) is 0 Å². The van der Waals surface area contributed by atoms with E-state index in [-0.39, 0.29) is 0 Å². The monoisotopic (exact) mass is 210 g/mol. The lowest BCUT2D eigenvalue weighted by atomic mass is 10.3. The Bertz CT molecular complexity index is 381. The van der Waals surface area contributed by atoms with Crippen molar-refractivity contribution in [3.05, 3.63) is 24.0 Å². The second-order valence-corrected chi connectivity index (χ2v) is 4.53. The lowest BCUT2D eigenvalue weighted by molar-refractivity contribution is 0.445. The van der Waals surface area contributed by atoms with Crippen LogP contribution >= 0.6 is 10.7 Å². The van der Waals surface area contributed by atoms with Gasteiger partial charge in [-0.2, -0.15) is 0 Å². The van der Waals surface area contributed by atoms with Crippen LogP contribution in [0.4, 0.5) is 4.39 Å². The summed E-state index contributed by atoms with van der Waals surface area (Å²) in [6.45, 7) is 0. The SMILES string of the molecule is O=S(=O)(Cl)c1c(O)cccc1F. The van der Waals surface area contributed by atoms with Crippen molar-refractivity contribution in [3.8, 4) is 5.75 Å². The molecule has 3 nitrogen and oxygen atoms in total. The number of phenols is 1. The third-order valence-corrected chi connectivity index (χ3v) is 2.54. The normalized spacial score (nSPS) is 11.5. The van der Waals surface area contributed by atoms with Gasteiger partial charge in [0.05, 0.1) is 0 Å². The van der Waals surface area contributed by atoms with Crippen LogP contribution < -0.4 is 0 Å². The zero-order valence-corrected chi connectivity index (χ0v) is 7.23. The summed E-state index contributed by atoms with van der Waals surface area (Å²) in [7, 11) is 0.624. The average molecular weight is 211 g/mol. The van der Waals surface area contributed by atoms with E-state index >= 15 is 0 Å². The first-order chi connectivity index (χ1) is 5.43. The summed E-state index contributed by atoms with van der Waals surface area (Å²) in [6.07, 6.45) is 0. The average Bonchev–Trinajstić information content (AvgIpc) is 1.82. The molecule has 0 aliphatic carbocycles. The fourth-order valence-electron chi connectivity index (χ4n) is 0.739. The van der Waals surface area contributed by atoms with Gasteiger partial charge in [-0.15, -0.1) is 0 Å². The molecule has 1 aromatic carbocycles. The predicted molar refractivity (Wildman–Crippen MR) is 41.1 cm³/mol. The fourth-order valence-corrected chi connectivity index (χ4v) is 1.82. The van der Waals surface area contributed by atoms with Gasteiger partial charge in [0.25, 0.3) is 9.05 Å². The number of aromatic hydroxyl groups is 1. The molecule has 0 unspecified atom stereocenters. The van der Waals surface area contributed by atoms with E-state index < -0.39 is 25.5 Å². The molecule has 0 amide bonds. The summed E-state index contributed by atoms with van der Waals surface area (Å²) in [5, 5.41) is 8.92. The van der Waals surface area contributed by atoms with E-state index in [1.54, 1.807) is 0 Å². The first-order valence-corrected chi connectivity index (χ1v) is 5.16. The van der Waals surface area contributed by atoms with Crippen molar-refractivity contribution in [1.29, 1.82) is 0 Å². The Morgan fingerprint density at radius 3 is 2.33 bits per heavy atom. The molecule has 0 bridgehead atoms. The van der Waals surface area contributed by atoms with E-state index in [0.717, 1.165) is 12.1 Å². The van der Waals surface area contributed by atoms with Crippen LogP contribution in [0.15, 0.2) is 23.1 Å². The summed E-state index contributed by atoms with van der Waals surface area (Å²) in [5.74, 6) is -1.75. The van der Waals surface area contributed by atoms with Crippen molar-refractivity contribution in [2.45, 2.75) is 4.90 Å². The predicted octanol–water partition coefficient (Wildman–Crippen LogP) is 1.46. The third-order valence-electron chi connectivity index (χ3n) is 1.19. The molecule has 0 aliphatic rings. The molecule has 0 aliphatic heterocycles. The first kappa shape index (κ1) is 9.28. The second-order valence-electron chi connectivity index (χ2n) is 2.03. The van der Waals surface area contributed by atoms with Crippen molar-refractivity contribution >= 4 is 19.7 Å². The summed E-state index contributed by atoms with van der Waals surface area (Å²) in [6, 6.07) is 3.11. The number of hydrogen-bond acceptors (Lipinski definition) is 3. The van der Waals surface area contributed by atoms with E-state index in [1.807, 2.05) is 0 Å². The maximum atomic E-state index is 12.7. The van der Waals surface area contributed by atoms with Crippen molar-refractivity contribution in [3.63, 3.8) is 0 Å². The summed E-state index contributed by atoms with van der Waals surface area (Å²) in [5.41, 5.74) is 0. The number of rotatable bonds is 1. The topological polar surface area (TPSA) is 54.4 Å². The highest BCUT2D eigenvalue weighted by atomic mass is 35.7. The molecule has 0 atom stereocenters. The van der Waals surface area contributed by atoms with Crippen molar-refractivity contribution in [2.75, 3.05) is 0 Å². The van der Waals surface area contributed by atoms with Crippen LogP contribution in [0.2, 0.25) is 0 Å². The van der Waals surface area contributed by atoms with Crippen LogP contribution in [0.1, 0.15) is 0 Å². The van der Waals surface area contributed by atoms with E-state index in [0.29, 0.717) is 0 Å². The Labute approximate surface area is 72.8 Å². The fraction of sp³-hybridized carbons (Fsp3) is 0. The minimum atomic E-state index is -4.22. The smallest absolute Gasteiger partial charge is 0.267 e. The Kier molecular flexibility index (Phi) is 2.25. The number of benzene rings is 1. The van der Waals surface area contributed by atoms with Crippen molar-refractivity contribution < 1.29 is 17.9 Å². The highest BCUT2D eigenvalue weighted by Gasteiger charge is 2.20. The minimum Gasteiger partial charge on any atom is -0.506 e. The van der Waals surface area contributed by atoms with E-state index in [9.17, 15) is 12.8 Å². The minimum absolute atomic E-state index is 0.690. The Morgan fingerprint density at radius 2 is 2.00 bits per heavy atom. The van der Waals surface area contributed by atoms with E-state index in [2.05, 4.69) is 0 Å². The van der Waals surface area contributed by atoms with Gasteiger partial charge in [-0.1, -0.05) is 6.07 Å². The van der Waals surface area contributed by atoms with Crippen LogP contribution in [0, 0.1) is 5.82 Å². The Hall–Kier alpha value is -0.810. The third kappa shape index (κ3) is 1.67. The highest BCUT2D eigenvalue weighted by molar-refractivity contribution is 8.13. The van der Waals surface area contributed by atoms with Crippen molar-refractivity contribution in [2.24, 2.45) is 0 Å². The lowest BCUT2D eigenvalue weighted by Gasteiger charge is -1.99. The van der Waals surface area contributed by atoms with Crippen LogP contribution in [0.5, 0.6) is 5.75 Å². The molecule has 0 spiro atoms. The molecule has 0 saturated carbocycles. The highest BCUT2D eigenvalue weighted by Crippen LogP contribution is 2.27. The maximum Gasteiger partial charge on any atom is 0.267 e. The first-order valence-electron chi connectivity index (χ1n) is 2.85. The standard InChI is InChI=1S/C6H4ClFO3S/c7-12(10,11)6-4(8)2-1-3-5(6)9/h1-3,9H. The van der Waals surface area contributed by atoms with Gasteiger partial charge in [-0.3, -0.25) is 0 Å². The van der Waals surface area contributed by atoms with E-state index in [1.165, 1.54) is 6.07 Å². The molecule has 6 heteroatoms. The molecule has 12 heavy (non-hydrogen) atoms. The van der Waals surface area contributed by atoms with Gasteiger partial charge in [0.1, 0.15) is 11.6 Å². The quantitative estimate of drug-likeness (QED) is 0.714. The van der Waals surface area contributed by atoms with Gasteiger partial charge in [-0.05, 0) is 12.1 Å². The molecule has 1 N–H and O–H groups in total. The summed E-state index contributed by atoms with van der Waals surface area (Å²) < 4.78 is 34.0.